The molecule has 0 bridgehead atoms. The summed E-state index contributed by atoms with van der Waals surface area (Å²) in [7, 11) is 0. The van der Waals surface area contributed by atoms with Gasteiger partial charge in [0.1, 0.15) is 0 Å². The number of thioether (sulfide) groups is 1. The Bertz CT molecular complexity index is 399. The Kier molecular flexibility index (Phi) is 5.86. The highest BCUT2D eigenvalue weighted by Gasteiger charge is 2.35. The Morgan fingerprint density at radius 2 is 1.95 bits per heavy atom. The summed E-state index contributed by atoms with van der Waals surface area (Å²) in [4.78, 5) is 0. The lowest BCUT2D eigenvalue weighted by atomic mass is 9.98. The van der Waals surface area contributed by atoms with E-state index in [9.17, 15) is 15.4 Å². The fourth-order valence-electron chi connectivity index (χ4n) is 2.46. The van der Waals surface area contributed by atoms with Crippen LogP contribution in [0.2, 0.25) is 0 Å². The third-order valence-electron chi connectivity index (χ3n) is 3.69. The van der Waals surface area contributed by atoms with Crippen LogP contribution in [0.25, 0.3) is 0 Å². The monoisotopic (exact) mass is 297 g/mol. The number of aryl methyl sites for hydroxylation is 1. The Balaban J connectivity index is 1.60. The van der Waals surface area contributed by atoms with Gasteiger partial charge in [0.25, 0.3) is 0 Å². The predicted octanol–water partition coefficient (Wildman–Crippen LogP) is 1.89. The van der Waals surface area contributed by atoms with Crippen LogP contribution in [-0.2, 0) is 6.42 Å². The third kappa shape index (κ3) is 5.07. The number of hydrogen-bond acceptors (Lipinski definition) is 5. The number of benzene rings is 1. The molecule has 0 aromatic heterocycles. The van der Waals surface area contributed by atoms with Crippen molar-refractivity contribution >= 4 is 11.8 Å². The second-order valence-electron chi connectivity index (χ2n) is 5.41. The molecule has 1 fully saturated rings. The second-order valence-corrected chi connectivity index (χ2v) is 6.63. The van der Waals surface area contributed by atoms with Crippen LogP contribution in [0.15, 0.2) is 30.3 Å². The summed E-state index contributed by atoms with van der Waals surface area (Å²) >= 11 is 1.88. The van der Waals surface area contributed by atoms with E-state index < -0.39 is 5.79 Å². The first kappa shape index (κ1) is 15.8. The molecule has 3 N–H and O–H groups in total. The van der Waals surface area contributed by atoms with Gasteiger partial charge in [0.15, 0.2) is 5.79 Å². The molecule has 1 unspecified atom stereocenters. The second kappa shape index (κ2) is 7.43. The van der Waals surface area contributed by atoms with E-state index in [4.69, 9.17) is 0 Å². The number of β-amino-alcohol motifs (C(OH)–C–C–N with tert-alkyl or cyclic N) is 2. The summed E-state index contributed by atoms with van der Waals surface area (Å²) in [5.74, 6) is 0.330. The van der Waals surface area contributed by atoms with Crippen LogP contribution in [0.3, 0.4) is 0 Å². The van der Waals surface area contributed by atoms with Gasteiger partial charge in [0.2, 0.25) is 0 Å². The number of rotatable bonds is 6. The predicted molar refractivity (Wildman–Crippen MR) is 80.8 cm³/mol. The third-order valence-corrected chi connectivity index (χ3v) is 4.71. The highest BCUT2D eigenvalue weighted by atomic mass is 32.2. The van der Waals surface area contributed by atoms with Crippen LogP contribution in [0.5, 0.6) is 0 Å². The normalized spacial score (nSPS) is 22.9. The summed E-state index contributed by atoms with van der Waals surface area (Å²) in [6, 6.07) is 10.5. The molecule has 0 spiro atoms. The number of hydroxylamine groups is 2. The molecule has 1 aliphatic rings. The van der Waals surface area contributed by atoms with Crippen molar-refractivity contribution < 1.29 is 15.4 Å². The van der Waals surface area contributed by atoms with E-state index in [1.54, 1.807) is 0 Å². The summed E-state index contributed by atoms with van der Waals surface area (Å²) in [6.07, 6.45) is 2.91. The van der Waals surface area contributed by atoms with Crippen LogP contribution in [-0.4, -0.2) is 50.4 Å². The molecule has 20 heavy (non-hydrogen) atoms. The Hall–Kier alpha value is -0.590. The smallest absolute Gasteiger partial charge is 0.178 e. The molecule has 0 radical (unpaired) electrons. The Labute approximate surface area is 124 Å². The van der Waals surface area contributed by atoms with E-state index in [0.717, 1.165) is 29.4 Å². The number of hydrogen-bond donors (Lipinski definition) is 3. The first-order valence-corrected chi connectivity index (χ1v) is 8.24. The van der Waals surface area contributed by atoms with Crippen molar-refractivity contribution in [1.29, 1.82) is 0 Å². The molecule has 5 heteroatoms. The SMILES string of the molecule is ON1CC(O)(O)CCC1CCSCCc1ccccc1. The van der Waals surface area contributed by atoms with Gasteiger partial charge in [-0.1, -0.05) is 30.3 Å². The lowest BCUT2D eigenvalue weighted by Gasteiger charge is -2.37. The van der Waals surface area contributed by atoms with E-state index >= 15 is 0 Å². The van der Waals surface area contributed by atoms with Gasteiger partial charge >= 0.3 is 0 Å². The van der Waals surface area contributed by atoms with Crippen molar-refractivity contribution in [1.82, 2.24) is 5.06 Å². The van der Waals surface area contributed by atoms with Gasteiger partial charge in [-0.25, -0.2) is 0 Å². The minimum Gasteiger partial charge on any atom is -0.364 e. The first-order valence-electron chi connectivity index (χ1n) is 7.09. The van der Waals surface area contributed by atoms with Gasteiger partial charge < -0.3 is 15.4 Å². The van der Waals surface area contributed by atoms with E-state index in [1.807, 2.05) is 17.8 Å². The standard InChI is InChI=1S/C15H23NO3S/c17-15(18)9-6-14(16(19)12-15)8-11-20-10-7-13-4-2-1-3-5-13/h1-5,14,17-19H,6-12H2. The van der Waals surface area contributed by atoms with Crippen molar-refractivity contribution in [3.05, 3.63) is 35.9 Å². The maximum absolute atomic E-state index is 9.74. The fourth-order valence-corrected chi connectivity index (χ4v) is 3.49. The summed E-state index contributed by atoms with van der Waals surface area (Å²) in [6.45, 7) is -0.0770. The van der Waals surface area contributed by atoms with Gasteiger partial charge in [-0.2, -0.15) is 16.8 Å². The average Bonchev–Trinajstić information content (AvgIpc) is 2.41. The number of aliphatic hydroxyl groups is 2. The maximum Gasteiger partial charge on any atom is 0.178 e. The highest BCUT2D eigenvalue weighted by molar-refractivity contribution is 7.99. The summed E-state index contributed by atoms with van der Waals surface area (Å²) < 4.78 is 0. The van der Waals surface area contributed by atoms with E-state index in [1.165, 1.54) is 5.56 Å². The zero-order valence-corrected chi connectivity index (χ0v) is 12.4. The van der Waals surface area contributed by atoms with Crippen LogP contribution in [0.1, 0.15) is 24.8 Å². The lowest BCUT2D eigenvalue weighted by Crippen LogP contribution is -2.51. The van der Waals surface area contributed by atoms with E-state index in [2.05, 4.69) is 24.3 Å². The number of nitrogens with zero attached hydrogens (tertiary/aromatic N) is 1. The average molecular weight is 297 g/mol. The van der Waals surface area contributed by atoms with Crippen molar-refractivity contribution in [3.63, 3.8) is 0 Å². The quantitative estimate of drug-likeness (QED) is 0.553. The van der Waals surface area contributed by atoms with Gasteiger partial charge in [-0.05, 0) is 36.3 Å². The topological polar surface area (TPSA) is 63.9 Å². The molecule has 1 heterocycles. The fraction of sp³-hybridized carbons (Fsp3) is 0.600. The van der Waals surface area contributed by atoms with E-state index in [0.29, 0.717) is 12.8 Å². The summed E-state index contributed by atoms with van der Waals surface area (Å²) in [5.41, 5.74) is 1.35. The van der Waals surface area contributed by atoms with Gasteiger partial charge in [-0.3, -0.25) is 0 Å². The lowest BCUT2D eigenvalue weighted by molar-refractivity contribution is -0.265. The molecular formula is C15H23NO3S. The molecule has 0 amide bonds. The van der Waals surface area contributed by atoms with E-state index in [-0.39, 0.29) is 12.6 Å². The molecule has 1 aromatic carbocycles. The molecular weight excluding hydrogens is 274 g/mol. The molecule has 1 atom stereocenters. The highest BCUT2D eigenvalue weighted by Crippen LogP contribution is 2.25. The Morgan fingerprint density at radius 1 is 1.20 bits per heavy atom. The molecule has 0 aliphatic carbocycles. The first-order chi connectivity index (χ1) is 9.57. The van der Waals surface area contributed by atoms with Crippen LogP contribution >= 0.6 is 11.8 Å². The maximum atomic E-state index is 9.74. The van der Waals surface area contributed by atoms with Crippen LogP contribution < -0.4 is 0 Å². The molecule has 112 valence electrons. The zero-order valence-electron chi connectivity index (χ0n) is 11.6. The van der Waals surface area contributed by atoms with Crippen LogP contribution in [0.4, 0.5) is 0 Å². The number of piperidine rings is 1. The summed E-state index contributed by atoms with van der Waals surface area (Å²) in [5, 5.41) is 29.7. The van der Waals surface area contributed by atoms with Crippen molar-refractivity contribution in [2.45, 2.75) is 37.5 Å². The molecule has 4 nitrogen and oxygen atoms in total. The van der Waals surface area contributed by atoms with Crippen LogP contribution in [0, 0.1) is 0 Å². The van der Waals surface area contributed by atoms with Gasteiger partial charge in [-0.15, -0.1) is 0 Å². The minimum absolute atomic E-state index is 0.0478. The van der Waals surface area contributed by atoms with Gasteiger partial charge in [0.05, 0.1) is 6.54 Å². The van der Waals surface area contributed by atoms with Crippen molar-refractivity contribution in [2.75, 3.05) is 18.1 Å². The molecule has 2 rings (SSSR count). The molecule has 0 saturated carbocycles. The largest absolute Gasteiger partial charge is 0.364 e. The van der Waals surface area contributed by atoms with Crippen molar-refractivity contribution in [2.24, 2.45) is 0 Å². The zero-order chi connectivity index (χ0) is 14.4. The van der Waals surface area contributed by atoms with Gasteiger partial charge in [0, 0.05) is 12.5 Å². The minimum atomic E-state index is -1.73. The van der Waals surface area contributed by atoms with Crippen molar-refractivity contribution in [3.8, 4) is 0 Å². The Morgan fingerprint density at radius 3 is 2.65 bits per heavy atom. The molecule has 1 saturated heterocycles. The molecule has 1 aromatic rings. The molecule has 1 aliphatic heterocycles.